The fourth-order valence-corrected chi connectivity index (χ4v) is 3.73. The van der Waals surface area contributed by atoms with Gasteiger partial charge in [-0.3, -0.25) is 4.79 Å². The van der Waals surface area contributed by atoms with Crippen molar-refractivity contribution in [3.8, 4) is 0 Å². The average Bonchev–Trinajstić information content (AvgIpc) is 2.90. The number of carbonyl (C=O) groups is 1. The van der Waals surface area contributed by atoms with Gasteiger partial charge in [0, 0.05) is 25.7 Å². The monoisotopic (exact) mass is 316 g/mol. The van der Waals surface area contributed by atoms with Gasteiger partial charge in [-0.05, 0) is 38.5 Å². The molecule has 1 unspecified atom stereocenters. The zero-order chi connectivity index (χ0) is 16.1. The number of hydrogen-bond acceptors (Lipinski definition) is 4. The maximum Gasteiger partial charge on any atom is 0.274 e. The lowest BCUT2D eigenvalue weighted by Crippen LogP contribution is -2.43. The molecule has 3 heterocycles. The van der Waals surface area contributed by atoms with Crippen molar-refractivity contribution in [2.24, 2.45) is 0 Å². The zero-order valence-corrected chi connectivity index (χ0v) is 14.2. The molecule has 0 saturated carbocycles. The van der Waals surface area contributed by atoms with E-state index in [-0.39, 0.29) is 5.91 Å². The van der Waals surface area contributed by atoms with Gasteiger partial charge in [0.15, 0.2) is 0 Å². The van der Waals surface area contributed by atoms with Crippen LogP contribution < -0.4 is 4.90 Å². The number of amides is 1. The van der Waals surface area contributed by atoms with Crippen LogP contribution in [-0.2, 0) is 0 Å². The van der Waals surface area contributed by atoms with Crippen LogP contribution in [0.25, 0.3) is 0 Å². The highest BCUT2D eigenvalue weighted by molar-refractivity contribution is 5.92. The van der Waals surface area contributed by atoms with Crippen LogP contribution in [0, 0.1) is 0 Å². The van der Waals surface area contributed by atoms with E-state index in [0.717, 1.165) is 44.7 Å². The summed E-state index contributed by atoms with van der Waals surface area (Å²) >= 11 is 0. The molecule has 0 bridgehead atoms. The van der Waals surface area contributed by atoms with Crippen LogP contribution in [0.2, 0.25) is 0 Å². The topological polar surface area (TPSA) is 49.3 Å². The summed E-state index contributed by atoms with van der Waals surface area (Å²) in [6.45, 7) is 5.11. The van der Waals surface area contributed by atoms with Crippen LogP contribution >= 0.6 is 0 Å². The molecule has 2 aliphatic heterocycles. The van der Waals surface area contributed by atoms with Crippen LogP contribution in [0.3, 0.4) is 0 Å². The summed E-state index contributed by atoms with van der Waals surface area (Å²) in [5, 5.41) is 0. The van der Waals surface area contributed by atoms with Gasteiger partial charge >= 0.3 is 0 Å². The molecule has 0 N–H and O–H groups in total. The van der Waals surface area contributed by atoms with E-state index in [2.05, 4.69) is 21.8 Å². The second-order valence-corrected chi connectivity index (χ2v) is 6.72. The van der Waals surface area contributed by atoms with Gasteiger partial charge in [-0.2, -0.15) is 0 Å². The Morgan fingerprint density at radius 3 is 2.43 bits per heavy atom. The number of carbonyl (C=O) groups excluding carboxylic acids is 1. The fourth-order valence-electron chi connectivity index (χ4n) is 3.73. The minimum absolute atomic E-state index is 0.0477. The SMILES string of the molecule is CCC1CCCCN1C(=O)c1cnc(N2CCCCCC2)cn1. The molecule has 0 radical (unpaired) electrons. The molecule has 1 amide bonds. The third kappa shape index (κ3) is 3.82. The van der Waals surface area contributed by atoms with Crippen molar-refractivity contribution >= 4 is 11.7 Å². The van der Waals surface area contributed by atoms with E-state index in [1.54, 1.807) is 12.4 Å². The lowest BCUT2D eigenvalue weighted by Gasteiger charge is -2.35. The lowest BCUT2D eigenvalue weighted by atomic mass is 10.00. The van der Waals surface area contributed by atoms with Gasteiger partial charge in [0.2, 0.25) is 0 Å². The average molecular weight is 316 g/mol. The van der Waals surface area contributed by atoms with E-state index in [1.165, 1.54) is 32.1 Å². The van der Waals surface area contributed by atoms with Crippen LogP contribution in [-0.4, -0.2) is 46.5 Å². The van der Waals surface area contributed by atoms with Gasteiger partial charge in [-0.15, -0.1) is 0 Å². The van der Waals surface area contributed by atoms with Gasteiger partial charge < -0.3 is 9.80 Å². The molecular weight excluding hydrogens is 288 g/mol. The van der Waals surface area contributed by atoms with Gasteiger partial charge in [0.1, 0.15) is 11.5 Å². The van der Waals surface area contributed by atoms with Gasteiger partial charge in [-0.25, -0.2) is 9.97 Å². The Balaban J connectivity index is 1.69. The van der Waals surface area contributed by atoms with E-state index in [9.17, 15) is 4.79 Å². The number of nitrogens with zero attached hydrogens (tertiary/aromatic N) is 4. The molecule has 0 aromatic carbocycles. The molecule has 2 fully saturated rings. The minimum Gasteiger partial charge on any atom is -0.355 e. The first-order valence-corrected chi connectivity index (χ1v) is 9.17. The molecule has 3 rings (SSSR count). The molecule has 0 aliphatic carbocycles. The molecule has 2 saturated heterocycles. The van der Waals surface area contributed by atoms with Crippen LogP contribution in [0.5, 0.6) is 0 Å². The summed E-state index contributed by atoms with van der Waals surface area (Å²) < 4.78 is 0. The van der Waals surface area contributed by atoms with Crippen molar-refractivity contribution < 1.29 is 4.79 Å². The normalized spacial score (nSPS) is 22.7. The number of rotatable bonds is 3. The second kappa shape index (κ2) is 7.75. The van der Waals surface area contributed by atoms with Crippen molar-refractivity contribution in [2.75, 3.05) is 24.5 Å². The smallest absolute Gasteiger partial charge is 0.274 e. The summed E-state index contributed by atoms with van der Waals surface area (Å²) in [7, 11) is 0. The summed E-state index contributed by atoms with van der Waals surface area (Å²) in [4.78, 5) is 26.0. The molecule has 0 spiro atoms. The van der Waals surface area contributed by atoms with Gasteiger partial charge in [-0.1, -0.05) is 19.8 Å². The first-order chi connectivity index (χ1) is 11.3. The second-order valence-electron chi connectivity index (χ2n) is 6.72. The predicted octanol–water partition coefficient (Wildman–Crippen LogP) is 3.26. The Kier molecular flexibility index (Phi) is 5.47. The fraction of sp³-hybridized carbons (Fsp3) is 0.722. The minimum atomic E-state index is 0.0477. The highest BCUT2D eigenvalue weighted by Gasteiger charge is 2.27. The summed E-state index contributed by atoms with van der Waals surface area (Å²) in [6, 6.07) is 0.364. The Morgan fingerprint density at radius 2 is 1.78 bits per heavy atom. The molecule has 1 aromatic heterocycles. The van der Waals surface area contributed by atoms with E-state index in [4.69, 9.17) is 0 Å². The number of hydrogen-bond donors (Lipinski definition) is 0. The molecule has 1 atom stereocenters. The van der Waals surface area contributed by atoms with Crippen molar-refractivity contribution in [1.82, 2.24) is 14.9 Å². The van der Waals surface area contributed by atoms with Crippen molar-refractivity contribution in [2.45, 2.75) is 64.3 Å². The molecule has 23 heavy (non-hydrogen) atoms. The maximum atomic E-state index is 12.7. The largest absolute Gasteiger partial charge is 0.355 e. The molecule has 1 aromatic rings. The Hall–Kier alpha value is -1.65. The Labute approximate surface area is 139 Å². The first kappa shape index (κ1) is 16.2. The molecule has 5 heteroatoms. The maximum absolute atomic E-state index is 12.7. The summed E-state index contributed by atoms with van der Waals surface area (Å²) in [6.07, 6.45) is 12.9. The Morgan fingerprint density at radius 1 is 1.04 bits per heavy atom. The van der Waals surface area contributed by atoms with E-state index < -0.39 is 0 Å². The third-order valence-corrected chi connectivity index (χ3v) is 5.15. The lowest BCUT2D eigenvalue weighted by molar-refractivity contribution is 0.0601. The van der Waals surface area contributed by atoms with Crippen molar-refractivity contribution in [3.05, 3.63) is 18.1 Å². The number of piperidine rings is 1. The van der Waals surface area contributed by atoms with Gasteiger partial charge in [0.25, 0.3) is 5.91 Å². The van der Waals surface area contributed by atoms with Crippen molar-refractivity contribution in [1.29, 1.82) is 0 Å². The number of likely N-dealkylation sites (tertiary alicyclic amines) is 1. The van der Waals surface area contributed by atoms with Crippen LogP contribution in [0.1, 0.15) is 68.8 Å². The summed E-state index contributed by atoms with van der Waals surface area (Å²) in [5.74, 6) is 0.959. The van der Waals surface area contributed by atoms with Crippen LogP contribution in [0.15, 0.2) is 12.4 Å². The van der Waals surface area contributed by atoms with E-state index in [1.807, 2.05) is 4.90 Å². The molecule has 2 aliphatic rings. The highest BCUT2D eigenvalue weighted by Crippen LogP contribution is 2.22. The van der Waals surface area contributed by atoms with E-state index in [0.29, 0.717) is 11.7 Å². The summed E-state index contributed by atoms with van der Waals surface area (Å²) in [5.41, 5.74) is 0.490. The van der Waals surface area contributed by atoms with E-state index >= 15 is 0 Å². The van der Waals surface area contributed by atoms with Crippen LogP contribution in [0.4, 0.5) is 5.82 Å². The Bertz CT molecular complexity index is 508. The van der Waals surface area contributed by atoms with Crippen molar-refractivity contribution in [3.63, 3.8) is 0 Å². The highest BCUT2D eigenvalue weighted by atomic mass is 16.2. The number of aromatic nitrogens is 2. The number of anilines is 1. The molecule has 5 nitrogen and oxygen atoms in total. The zero-order valence-electron chi connectivity index (χ0n) is 14.2. The molecule has 126 valence electrons. The third-order valence-electron chi connectivity index (χ3n) is 5.15. The quantitative estimate of drug-likeness (QED) is 0.859. The van der Waals surface area contributed by atoms with Gasteiger partial charge in [0.05, 0.1) is 12.4 Å². The molecular formula is C18H28N4O. The predicted molar refractivity (Wildman–Crippen MR) is 91.7 cm³/mol. The first-order valence-electron chi connectivity index (χ1n) is 9.17. The standard InChI is InChI=1S/C18H28N4O/c1-2-15-9-5-8-12-22(15)18(23)16-13-20-17(14-19-16)21-10-6-3-4-7-11-21/h13-15H,2-12H2,1H3.